The molecule has 138 valence electrons. The summed E-state index contributed by atoms with van der Waals surface area (Å²) in [6.45, 7) is 0.303. The molecule has 6 nitrogen and oxygen atoms in total. The first-order valence-electron chi connectivity index (χ1n) is 7.98. The SMILES string of the molecule is N#Cc1c(N)[nH]c(=O)c(C#N)c1-c1c(Cl)cc(OCc2ccccc2)cc1Cl. The van der Waals surface area contributed by atoms with Gasteiger partial charge < -0.3 is 15.5 Å². The maximum atomic E-state index is 12.1. The van der Waals surface area contributed by atoms with Gasteiger partial charge in [0.1, 0.15) is 41.4 Å². The topological polar surface area (TPSA) is 116 Å². The van der Waals surface area contributed by atoms with Crippen LogP contribution in [0, 0.1) is 22.7 Å². The fourth-order valence-corrected chi connectivity index (χ4v) is 3.36. The summed E-state index contributed by atoms with van der Waals surface area (Å²) in [5.41, 5.74) is 5.74. The molecule has 3 N–H and O–H groups in total. The van der Waals surface area contributed by atoms with Crippen LogP contribution in [0.4, 0.5) is 5.82 Å². The van der Waals surface area contributed by atoms with Crippen molar-refractivity contribution in [3.8, 4) is 29.0 Å². The Morgan fingerprint density at radius 2 is 1.61 bits per heavy atom. The monoisotopic (exact) mass is 410 g/mol. The highest BCUT2D eigenvalue weighted by Gasteiger charge is 2.23. The Kier molecular flexibility index (Phi) is 5.56. The van der Waals surface area contributed by atoms with Crippen molar-refractivity contribution >= 4 is 29.0 Å². The van der Waals surface area contributed by atoms with E-state index < -0.39 is 5.56 Å². The van der Waals surface area contributed by atoms with E-state index in [1.807, 2.05) is 36.4 Å². The summed E-state index contributed by atoms with van der Waals surface area (Å²) in [7, 11) is 0. The number of ether oxygens (including phenoxy) is 1. The number of nitrogens with zero attached hydrogens (tertiary/aromatic N) is 2. The summed E-state index contributed by atoms with van der Waals surface area (Å²) < 4.78 is 5.71. The van der Waals surface area contributed by atoms with Crippen LogP contribution in [0.3, 0.4) is 0 Å². The Hall–Kier alpha value is -3.45. The van der Waals surface area contributed by atoms with Gasteiger partial charge in [-0.25, -0.2) is 0 Å². The van der Waals surface area contributed by atoms with E-state index in [0.29, 0.717) is 12.4 Å². The number of nitriles is 2. The maximum absolute atomic E-state index is 12.1. The van der Waals surface area contributed by atoms with Gasteiger partial charge in [0.2, 0.25) is 0 Å². The zero-order chi connectivity index (χ0) is 20.3. The number of aromatic nitrogens is 1. The van der Waals surface area contributed by atoms with Crippen LogP contribution in [-0.4, -0.2) is 4.98 Å². The Labute approximate surface area is 170 Å². The number of hydrogen-bond acceptors (Lipinski definition) is 5. The average molecular weight is 411 g/mol. The van der Waals surface area contributed by atoms with E-state index >= 15 is 0 Å². The largest absolute Gasteiger partial charge is 0.489 e. The molecule has 0 atom stereocenters. The molecule has 1 aromatic heterocycles. The van der Waals surface area contributed by atoms with Gasteiger partial charge in [0.15, 0.2) is 0 Å². The molecule has 0 spiro atoms. The molecule has 0 bridgehead atoms. The zero-order valence-corrected chi connectivity index (χ0v) is 15.8. The number of anilines is 1. The van der Waals surface area contributed by atoms with Crippen molar-refractivity contribution in [3.05, 3.63) is 79.6 Å². The second-order valence-corrected chi connectivity index (χ2v) is 6.57. The van der Waals surface area contributed by atoms with Crippen LogP contribution < -0.4 is 16.0 Å². The van der Waals surface area contributed by atoms with Crippen molar-refractivity contribution in [1.29, 1.82) is 10.5 Å². The maximum Gasteiger partial charge on any atom is 0.268 e. The molecule has 0 aliphatic rings. The predicted octanol–water partition coefficient (Wildman–Crippen LogP) is 4.25. The van der Waals surface area contributed by atoms with Crippen LogP contribution in [0.1, 0.15) is 16.7 Å². The fourth-order valence-electron chi connectivity index (χ4n) is 2.71. The van der Waals surface area contributed by atoms with Gasteiger partial charge in [-0.2, -0.15) is 10.5 Å². The van der Waals surface area contributed by atoms with Gasteiger partial charge in [-0.05, 0) is 17.7 Å². The number of H-pyrrole nitrogens is 1. The Balaban J connectivity index is 2.09. The smallest absolute Gasteiger partial charge is 0.268 e. The third-order valence-corrected chi connectivity index (χ3v) is 4.58. The molecule has 2 aromatic carbocycles. The van der Waals surface area contributed by atoms with E-state index in [2.05, 4.69) is 4.98 Å². The van der Waals surface area contributed by atoms with Crippen LogP contribution in [0.5, 0.6) is 5.75 Å². The third-order valence-electron chi connectivity index (χ3n) is 3.98. The number of aromatic amines is 1. The average Bonchev–Trinajstić information content (AvgIpc) is 2.67. The Morgan fingerprint density at radius 1 is 1.00 bits per heavy atom. The summed E-state index contributed by atoms with van der Waals surface area (Å²) >= 11 is 12.8. The molecule has 3 rings (SSSR count). The second kappa shape index (κ2) is 8.06. The van der Waals surface area contributed by atoms with E-state index in [9.17, 15) is 15.3 Å². The number of halogens is 2. The zero-order valence-electron chi connectivity index (χ0n) is 14.3. The minimum atomic E-state index is -0.731. The quantitative estimate of drug-likeness (QED) is 0.666. The molecule has 3 aromatic rings. The third kappa shape index (κ3) is 3.65. The fraction of sp³-hybridized carbons (Fsp3) is 0.0500. The molecular formula is C20H12Cl2N4O2. The van der Waals surface area contributed by atoms with Gasteiger partial charge in [0.05, 0.1) is 10.0 Å². The molecule has 0 radical (unpaired) electrons. The normalized spacial score (nSPS) is 10.1. The lowest BCUT2D eigenvalue weighted by Crippen LogP contribution is -2.16. The first-order chi connectivity index (χ1) is 13.5. The van der Waals surface area contributed by atoms with Gasteiger partial charge in [-0.1, -0.05) is 53.5 Å². The summed E-state index contributed by atoms with van der Waals surface area (Å²) in [5, 5.41) is 19.1. The number of nitrogen functional groups attached to an aromatic ring is 1. The lowest BCUT2D eigenvalue weighted by molar-refractivity contribution is 0.306. The molecule has 28 heavy (non-hydrogen) atoms. The highest BCUT2D eigenvalue weighted by molar-refractivity contribution is 6.39. The molecule has 0 fully saturated rings. The Morgan fingerprint density at radius 3 is 2.18 bits per heavy atom. The van der Waals surface area contributed by atoms with E-state index in [0.717, 1.165) is 5.56 Å². The van der Waals surface area contributed by atoms with E-state index in [4.69, 9.17) is 33.7 Å². The van der Waals surface area contributed by atoms with Gasteiger partial charge in [-0.3, -0.25) is 4.79 Å². The predicted molar refractivity (Wildman–Crippen MR) is 107 cm³/mol. The molecule has 0 saturated heterocycles. The standard InChI is InChI=1S/C20H12Cl2N4O2/c21-15-6-12(28-10-11-4-2-1-3-5-11)7-16(22)18(15)17-13(8-23)19(25)26-20(27)14(17)9-24/h1-7H,10H2,(H3,25,26,27). The molecule has 8 heteroatoms. The number of rotatable bonds is 4. The van der Waals surface area contributed by atoms with Crippen LogP contribution in [0.2, 0.25) is 10.0 Å². The highest BCUT2D eigenvalue weighted by Crippen LogP contribution is 2.41. The van der Waals surface area contributed by atoms with Crippen molar-refractivity contribution < 1.29 is 4.74 Å². The molecule has 1 heterocycles. The first kappa shape index (κ1) is 19.3. The second-order valence-electron chi connectivity index (χ2n) is 5.75. The summed E-state index contributed by atoms with van der Waals surface area (Å²) in [5.74, 6) is 0.232. The van der Waals surface area contributed by atoms with Gasteiger partial charge in [0, 0.05) is 11.1 Å². The summed E-state index contributed by atoms with van der Waals surface area (Å²) in [4.78, 5) is 14.4. The number of hydrogen-bond donors (Lipinski definition) is 2. The van der Waals surface area contributed by atoms with E-state index in [-0.39, 0.29) is 38.1 Å². The van der Waals surface area contributed by atoms with Crippen molar-refractivity contribution in [1.82, 2.24) is 4.98 Å². The highest BCUT2D eigenvalue weighted by atomic mass is 35.5. The minimum absolute atomic E-state index is 0.00383. The number of nitrogens with one attached hydrogen (secondary N) is 1. The molecular weight excluding hydrogens is 399 g/mol. The van der Waals surface area contributed by atoms with Crippen LogP contribution in [0.15, 0.2) is 47.3 Å². The molecule has 0 aliphatic carbocycles. The van der Waals surface area contributed by atoms with Crippen molar-refractivity contribution in [2.45, 2.75) is 6.61 Å². The molecule has 0 amide bonds. The molecule has 0 unspecified atom stereocenters. The lowest BCUT2D eigenvalue weighted by Gasteiger charge is -2.14. The van der Waals surface area contributed by atoms with Crippen molar-refractivity contribution in [3.63, 3.8) is 0 Å². The number of benzene rings is 2. The summed E-state index contributed by atoms with van der Waals surface area (Å²) in [6.07, 6.45) is 0. The van der Waals surface area contributed by atoms with E-state index in [1.165, 1.54) is 12.1 Å². The molecule has 0 aliphatic heterocycles. The van der Waals surface area contributed by atoms with Crippen molar-refractivity contribution in [2.75, 3.05) is 5.73 Å². The van der Waals surface area contributed by atoms with Gasteiger partial charge >= 0.3 is 0 Å². The van der Waals surface area contributed by atoms with Crippen molar-refractivity contribution in [2.24, 2.45) is 0 Å². The lowest BCUT2D eigenvalue weighted by atomic mass is 9.96. The number of nitrogens with two attached hydrogens (primary N) is 1. The van der Waals surface area contributed by atoms with Gasteiger partial charge in [0.25, 0.3) is 5.56 Å². The molecule has 0 saturated carbocycles. The number of pyridine rings is 1. The first-order valence-corrected chi connectivity index (χ1v) is 8.74. The van der Waals surface area contributed by atoms with E-state index in [1.54, 1.807) is 6.07 Å². The van der Waals surface area contributed by atoms with Crippen LogP contribution in [0.25, 0.3) is 11.1 Å². The minimum Gasteiger partial charge on any atom is -0.489 e. The van der Waals surface area contributed by atoms with Crippen LogP contribution >= 0.6 is 23.2 Å². The summed E-state index contributed by atoms with van der Waals surface area (Å²) in [6, 6.07) is 16.2. The Bertz CT molecular complexity index is 1170. The van der Waals surface area contributed by atoms with Gasteiger partial charge in [-0.15, -0.1) is 0 Å². The van der Waals surface area contributed by atoms with Crippen LogP contribution in [-0.2, 0) is 6.61 Å².